The molecule has 1 aliphatic carbocycles. The predicted octanol–water partition coefficient (Wildman–Crippen LogP) is 2.76. The topological polar surface area (TPSA) is 127 Å². The Kier molecular flexibility index (Phi) is 7.23. The average molecular weight is 563 g/mol. The van der Waals surface area contributed by atoms with Crippen molar-refractivity contribution in [2.24, 2.45) is 11.8 Å². The Labute approximate surface area is 238 Å². The summed E-state index contributed by atoms with van der Waals surface area (Å²) in [5.41, 5.74) is 2.67. The van der Waals surface area contributed by atoms with Crippen LogP contribution in [0.15, 0.2) is 40.5 Å². The van der Waals surface area contributed by atoms with Gasteiger partial charge in [-0.05, 0) is 75.3 Å². The third-order valence-electron chi connectivity index (χ3n) is 8.43. The van der Waals surface area contributed by atoms with Crippen molar-refractivity contribution in [2.45, 2.75) is 56.5 Å². The van der Waals surface area contributed by atoms with Crippen LogP contribution in [0.2, 0.25) is 0 Å². The number of nitrogens with one attached hydrogen (secondary N) is 3. The summed E-state index contributed by atoms with van der Waals surface area (Å²) in [5, 5.41) is 19.2. The molecule has 3 N–H and O–H groups in total. The lowest BCUT2D eigenvalue weighted by Crippen LogP contribution is -2.62. The van der Waals surface area contributed by atoms with Gasteiger partial charge in [-0.3, -0.25) is 14.5 Å². The smallest absolute Gasteiger partial charge is 0.326 e. The van der Waals surface area contributed by atoms with Crippen molar-refractivity contribution in [2.75, 3.05) is 31.6 Å². The van der Waals surface area contributed by atoms with E-state index in [2.05, 4.69) is 22.0 Å². The maximum Gasteiger partial charge on any atom is 0.326 e. The molecule has 0 bridgehead atoms. The molecule has 1 aromatic carbocycles. The minimum Gasteiger partial charge on any atom is -0.497 e. The predicted molar refractivity (Wildman–Crippen MR) is 151 cm³/mol. The SMILES string of the molecule is COc1ccc(N2C(=O)NC3=C(C(=O)NC4CCCN(C(=O)/C(C#N)=C/C5CC5)C4)SC4NCCC2C34)c(C)c1. The Balaban J connectivity index is 1.19. The highest BCUT2D eigenvalue weighted by atomic mass is 32.2. The first-order valence-corrected chi connectivity index (χ1v) is 14.9. The summed E-state index contributed by atoms with van der Waals surface area (Å²) in [4.78, 5) is 44.1. The summed E-state index contributed by atoms with van der Waals surface area (Å²) in [6.07, 6.45) is 6.12. The van der Waals surface area contributed by atoms with Crippen molar-refractivity contribution in [1.29, 1.82) is 5.26 Å². The summed E-state index contributed by atoms with van der Waals surface area (Å²) in [6, 6.07) is 7.24. The molecule has 5 aliphatic rings. The van der Waals surface area contributed by atoms with Crippen molar-refractivity contribution in [3.8, 4) is 11.8 Å². The monoisotopic (exact) mass is 562 g/mol. The molecule has 4 heterocycles. The minimum absolute atomic E-state index is 0.0219. The van der Waals surface area contributed by atoms with E-state index in [-0.39, 0.29) is 46.8 Å². The summed E-state index contributed by atoms with van der Waals surface area (Å²) >= 11 is 1.47. The number of benzene rings is 1. The van der Waals surface area contributed by atoms with Crippen LogP contribution >= 0.6 is 11.8 Å². The molecule has 10 nitrogen and oxygen atoms in total. The number of piperidine rings is 2. The van der Waals surface area contributed by atoms with Gasteiger partial charge in [-0.15, -0.1) is 0 Å². The van der Waals surface area contributed by atoms with Crippen LogP contribution in [0.25, 0.3) is 0 Å². The number of carbonyl (C=O) groups excluding carboxylic acids is 3. The Bertz CT molecular complexity index is 1350. The van der Waals surface area contributed by atoms with Gasteiger partial charge in [0, 0.05) is 36.4 Å². The summed E-state index contributed by atoms with van der Waals surface area (Å²) in [5.74, 6) is 0.551. The van der Waals surface area contributed by atoms with Crippen molar-refractivity contribution in [3.05, 3.63) is 46.0 Å². The number of urea groups is 1. The molecule has 11 heteroatoms. The standard InChI is InChI=1S/C29H34N6O4S/c1-16-12-20(39-2)7-8-21(16)35-22-9-10-31-27-23(22)24(33-29(35)38)25(40-27)26(36)32-19-4-3-11-34(15-19)28(37)18(14-30)13-17-5-6-17/h7-8,12-13,17,19,22-23,27,31H,3-6,9-11,15H2,1-2H3,(H,32,36)(H,33,38)/b18-13+. The van der Waals surface area contributed by atoms with Crippen LogP contribution in [0, 0.1) is 30.1 Å². The highest BCUT2D eigenvalue weighted by Crippen LogP contribution is 2.48. The molecule has 4 amide bonds. The van der Waals surface area contributed by atoms with E-state index in [0.717, 1.165) is 55.6 Å². The van der Waals surface area contributed by atoms with Gasteiger partial charge in [0.05, 0.1) is 23.4 Å². The van der Waals surface area contributed by atoms with E-state index in [1.807, 2.05) is 30.0 Å². The molecule has 3 saturated heterocycles. The number of hydrogen-bond acceptors (Lipinski definition) is 7. The average Bonchev–Trinajstić information content (AvgIpc) is 3.71. The van der Waals surface area contributed by atoms with Crippen LogP contribution in [-0.4, -0.2) is 66.9 Å². The molecule has 1 saturated carbocycles. The van der Waals surface area contributed by atoms with Crippen LogP contribution in [0.1, 0.15) is 37.7 Å². The van der Waals surface area contributed by atoms with Crippen molar-refractivity contribution in [1.82, 2.24) is 20.9 Å². The number of allylic oxidation sites excluding steroid dienone is 1. The van der Waals surface area contributed by atoms with E-state index < -0.39 is 0 Å². The van der Waals surface area contributed by atoms with Gasteiger partial charge in [0.25, 0.3) is 11.8 Å². The van der Waals surface area contributed by atoms with E-state index in [1.54, 1.807) is 18.1 Å². The van der Waals surface area contributed by atoms with Crippen molar-refractivity contribution >= 4 is 35.3 Å². The van der Waals surface area contributed by atoms with Crippen LogP contribution < -0.4 is 25.6 Å². The van der Waals surface area contributed by atoms with Gasteiger partial charge in [-0.1, -0.05) is 17.8 Å². The summed E-state index contributed by atoms with van der Waals surface area (Å²) in [7, 11) is 1.62. The zero-order valence-corrected chi connectivity index (χ0v) is 23.6. The van der Waals surface area contributed by atoms with Gasteiger partial charge in [0.1, 0.15) is 17.4 Å². The van der Waals surface area contributed by atoms with Crippen molar-refractivity contribution in [3.63, 3.8) is 0 Å². The number of rotatable bonds is 6. The fourth-order valence-corrected chi connectivity index (χ4v) is 7.68. The summed E-state index contributed by atoms with van der Waals surface area (Å²) in [6.45, 7) is 3.66. The first-order valence-electron chi connectivity index (χ1n) is 14.0. The number of amides is 4. The molecule has 1 aromatic rings. The Morgan fingerprint density at radius 2 is 2.08 bits per heavy atom. The Hall–Kier alpha value is -3.49. The molecular formula is C29H34N6O4S. The normalized spacial score (nSPS) is 28.0. The number of hydrogen-bond donors (Lipinski definition) is 3. The quantitative estimate of drug-likeness (QED) is 0.360. The van der Waals surface area contributed by atoms with E-state index in [4.69, 9.17) is 4.74 Å². The van der Waals surface area contributed by atoms with Crippen LogP contribution in [-0.2, 0) is 9.59 Å². The third-order valence-corrected chi connectivity index (χ3v) is 9.78. The van der Waals surface area contributed by atoms with Gasteiger partial charge in [0.2, 0.25) is 0 Å². The highest BCUT2D eigenvalue weighted by Gasteiger charge is 2.52. The Morgan fingerprint density at radius 1 is 1.25 bits per heavy atom. The van der Waals surface area contributed by atoms with Gasteiger partial charge >= 0.3 is 6.03 Å². The van der Waals surface area contributed by atoms with Crippen molar-refractivity contribution < 1.29 is 19.1 Å². The molecule has 4 aliphatic heterocycles. The zero-order valence-electron chi connectivity index (χ0n) is 22.7. The number of methoxy groups -OCH3 is 1. The third kappa shape index (κ3) is 4.95. The van der Waals surface area contributed by atoms with E-state index in [0.29, 0.717) is 29.6 Å². The van der Waals surface area contributed by atoms with E-state index >= 15 is 0 Å². The molecule has 6 rings (SSSR count). The number of nitrogens with zero attached hydrogens (tertiary/aromatic N) is 3. The number of likely N-dealkylation sites (tertiary alicyclic amines) is 1. The second-order valence-electron chi connectivity index (χ2n) is 11.2. The lowest BCUT2D eigenvalue weighted by atomic mass is 9.86. The number of carbonyl (C=O) groups is 3. The number of nitriles is 1. The molecule has 0 radical (unpaired) electrons. The lowest BCUT2D eigenvalue weighted by molar-refractivity contribution is -0.129. The lowest BCUT2D eigenvalue weighted by Gasteiger charge is -2.46. The highest BCUT2D eigenvalue weighted by molar-refractivity contribution is 8.04. The van der Waals surface area contributed by atoms with Gasteiger partial charge in [-0.2, -0.15) is 5.26 Å². The number of ether oxygens (including phenoxy) is 1. The van der Waals surface area contributed by atoms with E-state index in [9.17, 15) is 19.6 Å². The van der Waals surface area contributed by atoms with Gasteiger partial charge in [-0.25, -0.2) is 4.79 Å². The second-order valence-corrected chi connectivity index (χ2v) is 12.3. The fourth-order valence-electron chi connectivity index (χ4n) is 6.28. The largest absolute Gasteiger partial charge is 0.497 e. The number of anilines is 1. The number of aryl methyl sites for hydroxylation is 1. The molecule has 0 aromatic heterocycles. The zero-order chi connectivity index (χ0) is 28.0. The Morgan fingerprint density at radius 3 is 2.80 bits per heavy atom. The van der Waals surface area contributed by atoms with E-state index in [1.165, 1.54) is 11.8 Å². The maximum atomic E-state index is 13.6. The van der Waals surface area contributed by atoms with Crippen LogP contribution in [0.4, 0.5) is 10.5 Å². The number of thioether (sulfide) groups is 1. The van der Waals surface area contributed by atoms with Gasteiger partial charge in [0.15, 0.2) is 0 Å². The second kappa shape index (κ2) is 10.8. The molecule has 40 heavy (non-hydrogen) atoms. The molecular weight excluding hydrogens is 528 g/mol. The maximum absolute atomic E-state index is 13.6. The molecule has 4 fully saturated rings. The van der Waals surface area contributed by atoms with Crippen LogP contribution in [0.3, 0.4) is 0 Å². The minimum atomic E-state index is -0.253. The molecule has 4 atom stereocenters. The molecule has 0 spiro atoms. The van der Waals surface area contributed by atoms with Gasteiger partial charge < -0.3 is 25.6 Å². The fraction of sp³-hybridized carbons (Fsp3) is 0.517. The first kappa shape index (κ1) is 26.7. The molecule has 4 unspecified atom stereocenters. The molecule has 210 valence electrons. The first-order chi connectivity index (χ1) is 19.4. The summed E-state index contributed by atoms with van der Waals surface area (Å²) < 4.78 is 5.35. The van der Waals surface area contributed by atoms with Crippen LogP contribution in [0.5, 0.6) is 5.75 Å².